The molecule has 2 aliphatic rings. The Morgan fingerprint density at radius 3 is 3.17 bits per heavy atom. The first-order valence-electron chi connectivity index (χ1n) is 6.48. The monoisotopic (exact) mass is 245 g/mol. The summed E-state index contributed by atoms with van der Waals surface area (Å²) in [7, 11) is 0. The van der Waals surface area contributed by atoms with Gasteiger partial charge in [-0.15, -0.1) is 0 Å². The first-order chi connectivity index (χ1) is 8.71. The summed E-state index contributed by atoms with van der Waals surface area (Å²) in [5, 5.41) is 10.4. The molecular formula is C14H19N3O. The van der Waals surface area contributed by atoms with Crippen molar-refractivity contribution in [1.29, 1.82) is 0 Å². The van der Waals surface area contributed by atoms with E-state index in [1.165, 1.54) is 5.56 Å². The lowest BCUT2D eigenvalue weighted by Crippen LogP contribution is -2.53. The van der Waals surface area contributed by atoms with Crippen LogP contribution in [0.15, 0.2) is 30.5 Å². The minimum Gasteiger partial charge on any atom is -0.384 e. The topological polar surface area (TPSA) is 62.4 Å². The zero-order valence-electron chi connectivity index (χ0n) is 10.4. The third kappa shape index (κ3) is 1.96. The van der Waals surface area contributed by atoms with Gasteiger partial charge in [0.15, 0.2) is 0 Å². The minimum absolute atomic E-state index is 0.0997. The summed E-state index contributed by atoms with van der Waals surface area (Å²) in [6.45, 7) is 2.97. The molecule has 1 aromatic heterocycles. The van der Waals surface area contributed by atoms with Gasteiger partial charge < -0.3 is 10.8 Å². The van der Waals surface area contributed by atoms with Crippen molar-refractivity contribution in [2.24, 2.45) is 11.7 Å². The molecule has 96 valence electrons. The lowest BCUT2D eigenvalue weighted by Gasteiger charge is -2.42. The number of aromatic nitrogens is 1. The summed E-state index contributed by atoms with van der Waals surface area (Å²) < 4.78 is 0. The quantitative estimate of drug-likeness (QED) is 0.753. The predicted molar refractivity (Wildman–Crippen MR) is 69.9 cm³/mol. The molecule has 1 aliphatic heterocycles. The number of nitrogens with two attached hydrogens (primary N) is 1. The Hall–Kier alpha value is -1.23. The Labute approximate surface area is 107 Å². The first kappa shape index (κ1) is 11.8. The van der Waals surface area contributed by atoms with Crippen molar-refractivity contribution in [3.8, 4) is 0 Å². The molecule has 0 radical (unpaired) electrons. The number of rotatable bonds is 3. The molecule has 18 heavy (non-hydrogen) atoms. The lowest BCUT2D eigenvalue weighted by molar-refractivity contribution is -0.00817. The summed E-state index contributed by atoms with van der Waals surface area (Å²) in [6, 6.07) is 4.13. The highest BCUT2D eigenvalue weighted by molar-refractivity contribution is 5.25. The number of hydrogen-bond donors (Lipinski definition) is 2. The summed E-state index contributed by atoms with van der Waals surface area (Å²) in [5.74, 6) is 0.0997. The number of pyridine rings is 1. The summed E-state index contributed by atoms with van der Waals surface area (Å²) in [6.07, 6.45) is 6.72. The third-order valence-electron chi connectivity index (χ3n) is 4.05. The maximum Gasteiger partial charge on any atom is 0.103 e. The molecule has 1 unspecified atom stereocenters. The zero-order chi connectivity index (χ0) is 12.6. The maximum atomic E-state index is 10.4. The van der Waals surface area contributed by atoms with Crippen LogP contribution in [0.3, 0.4) is 0 Å². The summed E-state index contributed by atoms with van der Waals surface area (Å²) in [4.78, 5) is 6.68. The van der Waals surface area contributed by atoms with Crippen LogP contribution in [0.5, 0.6) is 0 Å². The highest BCUT2D eigenvalue weighted by atomic mass is 16.3. The van der Waals surface area contributed by atoms with Crippen molar-refractivity contribution in [2.75, 3.05) is 19.6 Å². The Balaban J connectivity index is 1.69. The molecule has 0 saturated carbocycles. The molecule has 2 heterocycles. The maximum absolute atomic E-state index is 10.4. The van der Waals surface area contributed by atoms with E-state index in [0.29, 0.717) is 13.1 Å². The number of hydrogen-bond acceptors (Lipinski definition) is 4. The standard InChI is InChI=1S/C14H19N3O/c15-8-12-3-5-14(12,18)10-17-7-4-11-2-1-6-16-13(11)9-17/h1-3,5-6,12,18H,4,7-10,15H2/t12?,14-/m1/s1. The zero-order valence-corrected chi connectivity index (χ0v) is 10.4. The van der Waals surface area contributed by atoms with Gasteiger partial charge >= 0.3 is 0 Å². The average Bonchev–Trinajstić information content (AvgIpc) is 2.38. The normalized spacial score (nSPS) is 30.9. The van der Waals surface area contributed by atoms with Crippen molar-refractivity contribution < 1.29 is 5.11 Å². The SMILES string of the molecule is NCC1C=C[C@@]1(O)CN1CCc2cccnc2C1. The van der Waals surface area contributed by atoms with E-state index in [1.807, 2.05) is 24.4 Å². The molecule has 0 amide bonds. The number of aliphatic hydroxyl groups is 1. The van der Waals surface area contributed by atoms with E-state index in [1.54, 1.807) is 0 Å². The lowest BCUT2D eigenvalue weighted by atomic mass is 9.77. The van der Waals surface area contributed by atoms with E-state index in [2.05, 4.69) is 16.0 Å². The van der Waals surface area contributed by atoms with Gasteiger partial charge in [0, 0.05) is 38.3 Å². The fourth-order valence-electron chi connectivity index (χ4n) is 2.81. The first-order valence-corrected chi connectivity index (χ1v) is 6.48. The van der Waals surface area contributed by atoms with Gasteiger partial charge in [0.2, 0.25) is 0 Å². The molecule has 0 fully saturated rings. The van der Waals surface area contributed by atoms with Gasteiger partial charge in [-0.05, 0) is 18.1 Å². The molecule has 1 aliphatic carbocycles. The molecule has 4 nitrogen and oxygen atoms in total. The van der Waals surface area contributed by atoms with Crippen molar-refractivity contribution in [2.45, 2.75) is 18.6 Å². The van der Waals surface area contributed by atoms with Crippen LogP contribution in [0.25, 0.3) is 0 Å². The average molecular weight is 245 g/mol. The fourth-order valence-corrected chi connectivity index (χ4v) is 2.81. The summed E-state index contributed by atoms with van der Waals surface area (Å²) >= 11 is 0. The number of fused-ring (bicyclic) bond motifs is 1. The second-order valence-corrected chi connectivity index (χ2v) is 5.26. The highest BCUT2D eigenvalue weighted by Gasteiger charge is 2.40. The van der Waals surface area contributed by atoms with Crippen LogP contribution in [0.2, 0.25) is 0 Å². The Morgan fingerprint density at radius 1 is 1.56 bits per heavy atom. The molecule has 0 bridgehead atoms. The molecule has 0 saturated heterocycles. The number of β-amino-alcohol motifs (C(OH)–C–C–N with tert-alkyl or cyclic N) is 1. The third-order valence-corrected chi connectivity index (χ3v) is 4.05. The molecule has 1 aromatic rings. The van der Waals surface area contributed by atoms with Crippen LogP contribution < -0.4 is 5.73 Å². The molecule has 4 heteroatoms. The van der Waals surface area contributed by atoms with Gasteiger partial charge in [-0.25, -0.2) is 0 Å². The minimum atomic E-state index is -0.735. The van der Waals surface area contributed by atoms with Crippen LogP contribution in [0.1, 0.15) is 11.3 Å². The van der Waals surface area contributed by atoms with E-state index in [0.717, 1.165) is 25.2 Å². The van der Waals surface area contributed by atoms with Crippen LogP contribution in [0.4, 0.5) is 0 Å². The van der Waals surface area contributed by atoms with Gasteiger partial charge in [0.1, 0.15) is 5.60 Å². The Kier molecular flexibility index (Phi) is 2.93. The Morgan fingerprint density at radius 2 is 2.44 bits per heavy atom. The molecule has 0 spiro atoms. The molecule has 0 aromatic carbocycles. The van der Waals surface area contributed by atoms with Crippen molar-refractivity contribution in [3.05, 3.63) is 41.7 Å². The second kappa shape index (κ2) is 4.46. The predicted octanol–water partition coefficient (Wildman–Crippen LogP) is 0.315. The van der Waals surface area contributed by atoms with E-state index >= 15 is 0 Å². The van der Waals surface area contributed by atoms with Crippen molar-refractivity contribution >= 4 is 0 Å². The second-order valence-electron chi connectivity index (χ2n) is 5.26. The van der Waals surface area contributed by atoms with E-state index in [9.17, 15) is 5.11 Å². The van der Waals surface area contributed by atoms with Gasteiger partial charge in [-0.1, -0.05) is 18.2 Å². The van der Waals surface area contributed by atoms with Crippen molar-refractivity contribution in [1.82, 2.24) is 9.88 Å². The van der Waals surface area contributed by atoms with Gasteiger partial charge in [0.05, 0.1) is 5.69 Å². The van der Waals surface area contributed by atoms with Crippen molar-refractivity contribution in [3.63, 3.8) is 0 Å². The molecular weight excluding hydrogens is 226 g/mol. The molecule has 2 atom stereocenters. The molecule has 3 N–H and O–H groups in total. The van der Waals surface area contributed by atoms with Crippen LogP contribution >= 0.6 is 0 Å². The summed E-state index contributed by atoms with van der Waals surface area (Å²) in [5.41, 5.74) is 7.39. The van der Waals surface area contributed by atoms with Gasteiger partial charge in [0.25, 0.3) is 0 Å². The van der Waals surface area contributed by atoms with Gasteiger partial charge in [-0.3, -0.25) is 9.88 Å². The van der Waals surface area contributed by atoms with E-state index < -0.39 is 5.60 Å². The Bertz CT molecular complexity index is 474. The highest BCUT2D eigenvalue weighted by Crippen LogP contribution is 2.31. The van der Waals surface area contributed by atoms with Gasteiger partial charge in [-0.2, -0.15) is 0 Å². The fraction of sp³-hybridized carbons (Fsp3) is 0.500. The number of nitrogens with zero attached hydrogens (tertiary/aromatic N) is 2. The van der Waals surface area contributed by atoms with Crippen LogP contribution in [-0.2, 0) is 13.0 Å². The largest absolute Gasteiger partial charge is 0.384 e. The van der Waals surface area contributed by atoms with E-state index in [-0.39, 0.29) is 5.92 Å². The smallest absolute Gasteiger partial charge is 0.103 e. The van der Waals surface area contributed by atoms with Crippen LogP contribution in [0, 0.1) is 5.92 Å². The van der Waals surface area contributed by atoms with Crippen LogP contribution in [-0.4, -0.2) is 40.2 Å². The molecule has 3 rings (SSSR count). The van der Waals surface area contributed by atoms with E-state index in [4.69, 9.17) is 5.73 Å².